The molecule has 3 unspecified atom stereocenters. The summed E-state index contributed by atoms with van der Waals surface area (Å²) in [6.07, 6.45) is -6.20. The van der Waals surface area contributed by atoms with Crippen LogP contribution in [0.5, 0.6) is 0 Å². The molecule has 0 amide bonds. The lowest BCUT2D eigenvalue weighted by Crippen LogP contribution is -2.42. The Balaban J connectivity index is 1.59. The summed E-state index contributed by atoms with van der Waals surface area (Å²) in [6.45, 7) is 1.39. The molecule has 2 aromatic rings. The van der Waals surface area contributed by atoms with E-state index in [4.69, 9.17) is 20.8 Å². The Morgan fingerprint density at radius 2 is 2.00 bits per heavy atom. The molecule has 0 bridgehead atoms. The first-order valence-corrected chi connectivity index (χ1v) is 8.55. The monoisotopic (exact) mass is 402 g/mol. The van der Waals surface area contributed by atoms with Gasteiger partial charge in [0.1, 0.15) is 0 Å². The number of anilines is 1. The van der Waals surface area contributed by atoms with Crippen molar-refractivity contribution in [2.45, 2.75) is 12.4 Å². The lowest BCUT2D eigenvalue weighted by atomic mass is 9.99. The minimum atomic E-state index is -5.07. The molecule has 0 spiro atoms. The molecule has 0 saturated carbocycles. The van der Waals surface area contributed by atoms with Crippen LogP contribution in [-0.2, 0) is 9.53 Å². The SMILES string of the molecule is O=C(OC1C2CNCC2CN1c1nnc(-c2ccc(Cl)cc2)o1)C(F)(F)F. The number of rotatable bonds is 3. The molecule has 3 heterocycles. The lowest BCUT2D eigenvalue weighted by Gasteiger charge is -2.26. The number of ether oxygens (including phenoxy) is 1. The van der Waals surface area contributed by atoms with Crippen LogP contribution >= 0.6 is 11.6 Å². The second kappa shape index (κ2) is 6.68. The van der Waals surface area contributed by atoms with Gasteiger partial charge in [-0.05, 0) is 30.2 Å². The van der Waals surface area contributed by atoms with Crippen LogP contribution in [-0.4, -0.2) is 48.2 Å². The highest BCUT2D eigenvalue weighted by Gasteiger charge is 2.51. The molecule has 2 saturated heterocycles. The summed E-state index contributed by atoms with van der Waals surface area (Å²) < 4.78 is 48.4. The second-order valence-corrected chi connectivity index (χ2v) is 6.86. The number of benzene rings is 1. The van der Waals surface area contributed by atoms with Gasteiger partial charge >= 0.3 is 18.2 Å². The maximum absolute atomic E-state index is 12.7. The number of halogens is 4. The van der Waals surface area contributed by atoms with Crippen LogP contribution in [0.2, 0.25) is 5.02 Å². The molecule has 0 aliphatic carbocycles. The minimum absolute atomic E-state index is 0.00863. The minimum Gasteiger partial charge on any atom is -0.434 e. The zero-order valence-corrected chi connectivity index (χ0v) is 14.5. The van der Waals surface area contributed by atoms with Crippen molar-refractivity contribution in [2.24, 2.45) is 11.8 Å². The number of hydrogen-bond acceptors (Lipinski definition) is 7. The predicted molar refractivity (Wildman–Crippen MR) is 87.9 cm³/mol. The fraction of sp³-hybridized carbons (Fsp3) is 0.438. The molecule has 2 fully saturated rings. The molecule has 1 aromatic heterocycles. The second-order valence-electron chi connectivity index (χ2n) is 6.42. The van der Waals surface area contributed by atoms with Crippen LogP contribution in [0, 0.1) is 11.8 Å². The highest BCUT2D eigenvalue weighted by Crippen LogP contribution is 2.38. The quantitative estimate of drug-likeness (QED) is 0.790. The summed E-state index contributed by atoms with van der Waals surface area (Å²) >= 11 is 5.85. The molecule has 7 nitrogen and oxygen atoms in total. The number of aromatic nitrogens is 2. The fourth-order valence-corrected chi connectivity index (χ4v) is 3.56. The molecule has 3 atom stereocenters. The largest absolute Gasteiger partial charge is 0.491 e. The van der Waals surface area contributed by atoms with Gasteiger partial charge in [-0.25, -0.2) is 4.79 Å². The maximum Gasteiger partial charge on any atom is 0.491 e. The Morgan fingerprint density at radius 1 is 1.26 bits per heavy atom. The van der Waals surface area contributed by atoms with Crippen LogP contribution in [0.1, 0.15) is 0 Å². The number of carbonyl (C=O) groups is 1. The average Bonchev–Trinajstić information content (AvgIpc) is 3.31. The molecular weight excluding hydrogens is 389 g/mol. The van der Waals surface area contributed by atoms with E-state index in [-0.39, 0.29) is 23.7 Å². The predicted octanol–water partition coefficient (Wildman–Crippen LogP) is 2.48. The van der Waals surface area contributed by atoms with E-state index in [2.05, 4.69) is 15.5 Å². The summed E-state index contributed by atoms with van der Waals surface area (Å²) in [6, 6.07) is 6.68. The normalized spacial score (nSPS) is 24.9. The smallest absolute Gasteiger partial charge is 0.434 e. The summed E-state index contributed by atoms with van der Waals surface area (Å²) in [5.74, 6) is -2.32. The van der Waals surface area contributed by atoms with Gasteiger partial charge in [0.25, 0.3) is 0 Å². The van der Waals surface area contributed by atoms with Gasteiger partial charge in [0.2, 0.25) is 5.89 Å². The number of carbonyl (C=O) groups excluding carboxylic acids is 1. The van der Waals surface area contributed by atoms with E-state index in [0.29, 0.717) is 30.2 Å². The number of hydrogen-bond donors (Lipinski definition) is 1. The maximum atomic E-state index is 12.7. The molecule has 144 valence electrons. The van der Waals surface area contributed by atoms with Gasteiger partial charge in [-0.3, -0.25) is 4.90 Å². The average molecular weight is 403 g/mol. The molecule has 2 aliphatic heterocycles. The van der Waals surface area contributed by atoms with E-state index in [0.717, 1.165) is 0 Å². The van der Waals surface area contributed by atoms with Crippen LogP contribution in [0.15, 0.2) is 28.7 Å². The molecule has 2 aliphatic rings. The fourth-order valence-electron chi connectivity index (χ4n) is 3.43. The van der Waals surface area contributed by atoms with Gasteiger partial charge in [-0.2, -0.15) is 13.2 Å². The topological polar surface area (TPSA) is 80.5 Å². The van der Waals surface area contributed by atoms with Crippen LogP contribution in [0.25, 0.3) is 11.5 Å². The first-order chi connectivity index (χ1) is 12.8. The van der Waals surface area contributed by atoms with Gasteiger partial charge in [0.15, 0.2) is 6.23 Å². The van der Waals surface area contributed by atoms with Gasteiger partial charge < -0.3 is 14.5 Å². The Morgan fingerprint density at radius 3 is 2.70 bits per heavy atom. The summed E-state index contributed by atoms with van der Waals surface area (Å²) in [5.41, 5.74) is 0.614. The van der Waals surface area contributed by atoms with Crippen molar-refractivity contribution < 1.29 is 27.1 Å². The van der Waals surface area contributed by atoms with E-state index in [1.54, 1.807) is 24.3 Å². The van der Waals surface area contributed by atoms with Crippen LogP contribution in [0.4, 0.5) is 19.2 Å². The van der Waals surface area contributed by atoms with Crippen molar-refractivity contribution in [3.63, 3.8) is 0 Å². The van der Waals surface area contributed by atoms with E-state index >= 15 is 0 Å². The van der Waals surface area contributed by atoms with Gasteiger partial charge in [0, 0.05) is 36.1 Å². The Kier molecular flexibility index (Phi) is 4.47. The first-order valence-electron chi connectivity index (χ1n) is 8.17. The van der Waals surface area contributed by atoms with Gasteiger partial charge in [-0.1, -0.05) is 16.7 Å². The molecule has 11 heteroatoms. The number of fused-ring (bicyclic) bond motifs is 1. The molecule has 4 rings (SSSR count). The first kappa shape index (κ1) is 18.1. The summed E-state index contributed by atoms with van der Waals surface area (Å²) in [7, 11) is 0. The van der Waals surface area contributed by atoms with Gasteiger partial charge in [0.05, 0.1) is 0 Å². The lowest BCUT2D eigenvalue weighted by molar-refractivity contribution is -0.206. The zero-order chi connectivity index (χ0) is 19.2. The van der Waals surface area contributed by atoms with Crippen molar-refractivity contribution >= 4 is 23.6 Å². The zero-order valence-electron chi connectivity index (χ0n) is 13.7. The Labute approximate surface area is 156 Å². The highest BCUT2D eigenvalue weighted by molar-refractivity contribution is 6.30. The van der Waals surface area contributed by atoms with Crippen LogP contribution < -0.4 is 10.2 Å². The van der Waals surface area contributed by atoms with Crippen molar-refractivity contribution in [2.75, 3.05) is 24.5 Å². The van der Waals surface area contributed by atoms with Gasteiger partial charge in [-0.15, -0.1) is 5.10 Å². The van der Waals surface area contributed by atoms with Crippen molar-refractivity contribution in [1.82, 2.24) is 15.5 Å². The Bertz CT molecular complexity index is 842. The van der Waals surface area contributed by atoms with E-state index in [1.165, 1.54) is 4.90 Å². The molecule has 0 radical (unpaired) electrons. The molecule has 1 aromatic carbocycles. The third-order valence-electron chi connectivity index (χ3n) is 4.71. The van der Waals surface area contributed by atoms with Crippen LogP contribution in [0.3, 0.4) is 0 Å². The van der Waals surface area contributed by atoms with E-state index in [1.807, 2.05) is 0 Å². The molecule has 1 N–H and O–H groups in total. The van der Waals surface area contributed by atoms with E-state index in [9.17, 15) is 18.0 Å². The Hall–Kier alpha value is -2.33. The number of nitrogens with zero attached hydrogens (tertiary/aromatic N) is 3. The third-order valence-corrected chi connectivity index (χ3v) is 4.96. The third kappa shape index (κ3) is 3.46. The van der Waals surface area contributed by atoms with Crippen molar-refractivity contribution in [3.05, 3.63) is 29.3 Å². The number of nitrogens with one attached hydrogen (secondary N) is 1. The molecule has 27 heavy (non-hydrogen) atoms. The number of esters is 1. The standard InChI is InChI=1S/C16H14ClF3N4O3/c17-10-3-1-8(2-4-10)12-22-23-15(26-12)24-7-9-5-21-6-11(9)13(24)27-14(25)16(18,19)20/h1-4,9,11,13,21H,5-7H2. The highest BCUT2D eigenvalue weighted by atomic mass is 35.5. The van der Waals surface area contributed by atoms with E-state index < -0.39 is 18.4 Å². The summed E-state index contributed by atoms with van der Waals surface area (Å²) in [4.78, 5) is 12.8. The number of alkyl halides is 3. The van der Waals surface area contributed by atoms with Crippen molar-refractivity contribution in [3.8, 4) is 11.5 Å². The summed E-state index contributed by atoms with van der Waals surface area (Å²) in [5, 5.41) is 11.5. The van der Waals surface area contributed by atoms with Crippen molar-refractivity contribution in [1.29, 1.82) is 0 Å². The molecular formula is C16H14ClF3N4O3.